The predicted molar refractivity (Wildman–Crippen MR) is 124 cm³/mol. The van der Waals surface area contributed by atoms with Crippen molar-refractivity contribution < 1.29 is 26.9 Å². The fourth-order valence-corrected chi connectivity index (χ4v) is 4.15. The number of H-pyrrole nitrogens is 1. The minimum Gasteiger partial charge on any atom is -0.358 e. The fourth-order valence-electron chi connectivity index (χ4n) is 4.15. The van der Waals surface area contributed by atoms with Crippen molar-refractivity contribution in [2.75, 3.05) is 5.32 Å². The van der Waals surface area contributed by atoms with Crippen LogP contribution in [0.4, 0.5) is 23.4 Å². The molecule has 0 saturated heterocycles. The molecule has 3 aromatic heterocycles. The van der Waals surface area contributed by atoms with Gasteiger partial charge in [-0.05, 0) is 36.5 Å². The topological polar surface area (TPSA) is 110 Å². The zero-order valence-electron chi connectivity index (χ0n) is 19.7. The molecule has 5 rings (SSSR count). The van der Waals surface area contributed by atoms with Crippen molar-refractivity contribution in [2.45, 2.75) is 50.6 Å². The number of aryl methyl sites for hydroxylation is 1. The Morgan fingerprint density at radius 3 is 2.51 bits per heavy atom. The Labute approximate surface area is 208 Å². The number of nitrogens with one attached hydrogen (secondary N) is 2. The van der Waals surface area contributed by atoms with Gasteiger partial charge in [-0.1, -0.05) is 24.2 Å². The first-order valence-corrected chi connectivity index (χ1v) is 11.6. The van der Waals surface area contributed by atoms with Gasteiger partial charge in [0.15, 0.2) is 11.6 Å². The number of aromatic nitrogens is 5. The van der Waals surface area contributed by atoms with E-state index in [-0.39, 0.29) is 36.4 Å². The first kappa shape index (κ1) is 24.6. The van der Waals surface area contributed by atoms with E-state index in [1.54, 1.807) is 24.7 Å². The molecule has 0 unspecified atom stereocenters. The van der Waals surface area contributed by atoms with Crippen LogP contribution in [0.3, 0.4) is 0 Å². The zero-order chi connectivity index (χ0) is 26.2. The third kappa shape index (κ3) is 4.95. The summed E-state index contributed by atoms with van der Waals surface area (Å²) in [6.07, 6.45) is 1.32. The van der Waals surface area contributed by atoms with Crippen molar-refractivity contribution in [1.82, 2.24) is 25.3 Å². The second-order valence-electron chi connectivity index (χ2n) is 8.98. The van der Waals surface area contributed by atoms with Crippen molar-refractivity contribution in [1.29, 1.82) is 0 Å². The molecule has 1 aromatic carbocycles. The van der Waals surface area contributed by atoms with E-state index in [0.29, 0.717) is 23.4 Å². The Morgan fingerprint density at radius 1 is 1.11 bits per heavy atom. The smallest absolute Gasteiger partial charge is 0.358 e. The van der Waals surface area contributed by atoms with Gasteiger partial charge in [0.1, 0.15) is 17.1 Å². The van der Waals surface area contributed by atoms with Crippen molar-refractivity contribution in [3.05, 3.63) is 77.1 Å². The van der Waals surface area contributed by atoms with Gasteiger partial charge >= 0.3 is 6.18 Å². The Balaban J connectivity index is 1.22. The fraction of sp³-hybridized carbons (Fsp3) is 0.320. The molecular formula is C25H22F4N6O2. The van der Waals surface area contributed by atoms with Crippen LogP contribution in [0.25, 0.3) is 11.1 Å². The van der Waals surface area contributed by atoms with Gasteiger partial charge < -0.3 is 9.84 Å². The van der Waals surface area contributed by atoms with Gasteiger partial charge in [0, 0.05) is 41.7 Å². The number of halogens is 4. The average Bonchev–Trinajstić information content (AvgIpc) is 3.37. The maximum Gasteiger partial charge on any atom is 0.401 e. The van der Waals surface area contributed by atoms with Crippen LogP contribution in [0.5, 0.6) is 0 Å². The molecule has 4 aromatic rings. The van der Waals surface area contributed by atoms with Crippen LogP contribution < -0.4 is 5.32 Å². The Bertz CT molecular complexity index is 1420. The third-order valence-corrected chi connectivity index (χ3v) is 6.49. The van der Waals surface area contributed by atoms with Crippen LogP contribution in [0.1, 0.15) is 48.2 Å². The Kier molecular flexibility index (Phi) is 6.26. The molecule has 0 bridgehead atoms. The molecular weight excluding hydrogens is 492 g/mol. The SMILES string of the molecule is CCc1[nH]ncc1Cc1ncc(-c2ccc(CC(=O)Nc3cc(C4(C(F)(F)F)CC4)on3)c(F)c2)cn1. The molecule has 1 aliphatic rings. The molecule has 1 aliphatic carbocycles. The molecule has 1 amide bonds. The number of alkyl halides is 3. The van der Waals surface area contributed by atoms with E-state index in [4.69, 9.17) is 4.52 Å². The van der Waals surface area contributed by atoms with Crippen LogP contribution in [-0.4, -0.2) is 37.4 Å². The first-order valence-electron chi connectivity index (χ1n) is 11.6. The highest BCUT2D eigenvalue weighted by Crippen LogP contribution is 2.59. The molecule has 0 spiro atoms. The van der Waals surface area contributed by atoms with Gasteiger partial charge in [0.2, 0.25) is 5.91 Å². The predicted octanol–water partition coefficient (Wildman–Crippen LogP) is 4.92. The molecule has 0 radical (unpaired) electrons. The van der Waals surface area contributed by atoms with Gasteiger partial charge in [-0.15, -0.1) is 0 Å². The summed E-state index contributed by atoms with van der Waals surface area (Å²) >= 11 is 0. The van der Waals surface area contributed by atoms with Gasteiger partial charge in [-0.3, -0.25) is 9.89 Å². The molecule has 8 nitrogen and oxygen atoms in total. The highest BCUT2D eigenvalue weighted by Gasteiger charge is 2.66. The minimum absolute atomic E-state index is 0.0887. The maximum atomic E-state index is 14.8. The van der Waals surface area contributed by atoms with Gasteiger partial charge in [0.25, 0.3) is 0 Å². The van der Waals surface area contributed by atoms with E-state index in [2.05, 4.69) is 30.6 Å². The summed E-state index contributed by atoms with van der Waals surface area (Å²) in [6, 6.07) is 5.45. The van der Waals surface area contributed by atoms with Crippen molar-refractivity contribution in [3.63, 3.8) is 0 Å². The van der Waals surface area contributed by atoms with Crippen LogP contribution in [0.2, 0.25) is 0 Å². The zero-order valence-corrected chi connectivity index (χ0v) is 19.7. The number of hydrogen-bond acceptors (Lipinski definition) is 6. The van der Waals surface area contributed by atoms with E-state index >= 15 is 0 Å². The molecule has 12 heteroatoms. The standard InChI is InChI=1S/C25H22F4N6O2/c1-2-19-16(13-32-34-19)8-21-30-11-17(12-31-21)14-3-4-15(18(26)7-14)9-23(36)33-22-10-20(37-35-22)24(5-6-24)25(27,28)29/h3-4,7,10-13H,2,5-6,8-9H2,1H3,(H,32,34)(H,33,35,36). The summed E-state index contributed by atoms with van der Waals surface area (Å²) in [6.45, 7) is 2.02. The summed E-state index contributed by atoms with van der Waals surface area (Å²) in [5, 5.41) is 12.9. The second-order valence-corrected chi connectivity index (χ2v) is 8.98. The molecule has 2 N–H and O–H groups in total. The Hall–Kier alpha value is -4.09. The number of amides is 1. The number of carbonyl (C=O) groups excluding carboxylic acids is 1. The van der Waals surface area contributed by atoms with Gasteiger partial charge in [0.05, 0.1) is 12.6 Å². The van der Waals surface area contributed by atoms with Crippen molar-refractivity contribution in [2.24, 2.45) is 0 Å². The maximum absolute atomic E-state index is 14.8. The lowest BCUT2D eigenvalue weighted by atomic mass is 10.0. The third-order valence-electron chi connectivity index (χ3n) is 6.49. The number of hydrogen-bond donors (Lipinski definition) is 2. The van der Waals surface area contributed by atoms with E-state index in [1.807, 2.05) is 6.92 Å². The van der Waals surface area contributed by atoms with Crippen molar-refractivity contribution >= 4 is 11.7 Å². The molecule has 1 saturated carbocycles. The number of rotatable bonds is 8. The first-order chi connectivity index (χ1) is 17.7. The summed E-state index contributed by atoms with van der Waals surface area (Å²) < 4.78 is 59.3. The largest absolute Gasteiger partial charge is 0.401 e. The monoisotopic (exact) mass is 514 g/mol. The summed E-state index contributed by atoms with van der Waals surface area (Å²) in [5.41, 5.74) is 1.25. The lowest BCUT2D eigenvalue weighted by Crippen LogP contribution is -2.28. The number of carbonyl (C=O) groups is 1. The molecule has 0 aliphatic heterocycles. The highest BCUT2D eigenvalue weighted by molar-refractivity contribution is 5.91. The highest BCUT2D eigenvalue weighted by atomic mass is 19.4. The van der Waals surface area contributed by atoms with E-state index in [9.17, 15) is 22.4 Å². The average molecular weight is 514 g/mol. The lowest BCUT2D eigenvalue weighted by Gasteiger charge is -2.14. The van der Waals surface area contributed by atoms with E-state index in [0.717, 1.165) is 23.7 Å². The molecule has 3 heterocycles. The van der Waals surface area contributed by atoms with E-state index in [1.165, 1.54) is 12.1 Å². The van der Waals surface area contributed by atoms with Crippen LogP contribution >= 0.6 is 0 Å². The van der Waals surface area contributed by atoms with Crippen LogP contribution in [0.15, 0.2) is 47.4 Å². The lowest BCUT2D eigenvalue weighted by molar-refractivity contribution is -0.165. The Morgan fingerprint density at radius 2 is 1.86 bits per heavy atom. The van der Waals surface area contributed by atoms with Gasteiger partial charge in [-0.25, -0.2) is 14.4 Å². The van der Waals surface area contributed by atoms with Crippen LogP contribution in [-0.2, 0) is 29.5 Å². The van der Waals surface area contributed by atoms with Gasteiger partial charge in [-0.2, -0.15) is 18.3 Å². The number of benzene rings is 1. The molecule has 0 atom stereocenters. The molecule has 192 valence electrons. The summed E-state index contributed by atoms with van der Waals surface area (Å²) in [4.78, 5) is 21.1. The summed E-state index contributed by atoms with van der Waals surface area (Å²) in [5.74, 6) is -1.13. The van der Waals surface area contributed by atoms with Crippen LogP contribution in [0, 0.1) is 5.82 Å². The normalized spacial score (nSPS) is 14.5. The van der Waals surface area contributed by atoms with Crippen molar-refractivity contribution in [3.8, 4) is 11.1 Å². The number of nitrogens with zero attached hydrogens (tertiary/aromatic N) is 4. The number of aromatic amines is 1. The molecule has 1 fully saturated rings. The second kappa shape index (κ2) is 9.41. The molecule has 37 heavy (non-hydrogen) atoms. The summed E-state index contributed by atoms with van der Waals surface area (Å²) in [7, 11) is 0. The van der Waals surface area contributed by atoms with E-state index < -0.39 is 23.3 Å². The quantitative estimate of drug-likeness (QED) is 0.323. The minimum atomic E-state index is -4.46. The number of anilines is 1.